The van der Waals surface area contributed by atoms with Crippen molar-refractivity contribution in [3.05, 3.63) is 105 Å². The number of pyridine rings is 1. The highest BCUT2D eigenvalue weighted by atomic mass is 35.5. The Bertz CT molecular complexity index is 1920. The molecule has 4 N–H and O–H groups in total. The molecule has 1 aliphatic rings. The summed E-state index contributed by atoms with van der Waals surface area (Å²) in [6, 6.07) is 18.6. The van der Waals surface area contributed by atoms with E-state index in [0.29, 0.717) is 52.1 Å². The van der Waals surface area contributed by atoms with Crippen LogP contribution in [-0.4, -0.2) is 75.7 Å². The number of β-amino-alcohol motifs (C(OH)–C–C–N with tert-alkyl or cyclic N) is 1. The van der Waals surface area contributed by atoms with Crippen LogP contribution in [0.25, 0.3) is 11.1 Å². The SMILES string of the molecule is Cc1c(COc2cc(OCc3cncc(C#N)c3)c(CN[C@@](C)(CO)C(=O)O)cc2Cl)cccc1-c1cccc(OCCCN2CC[C@@H](O)C2)c1Cl. The summed E-state index contributed by atoms with van der Waals surface area (Å²) < 4.78 is 18.5. The summed E-state index contributed by atoms with van der Waals surface area (Å²) >= 11 is 13.6. The van der Waals surface area contributed by atoms with Crippen molar-refractivity contribution in [1.29, 1.82) is 5.26 Å². The molecular formula is C39H42Cl2N4O7. The number of rotatable bonds is 17. The molecule has 0 amide bonds. The number of nitrogens with one attached hydrogen (secondary N) is 1. The van der Waals surface area contributed by atoms with Crippen molar-refractivity contribution in [2.24, 2.45) is 0 Å². The molecule has 0 aliphatic carbocycles. The highest BCUT2D eigenvalue weighted by Gasteiger charge is 2.32. The van der Waals surface area contributed by atoms with Crippen LogP contribution in [0.5, 0.6) is 17.2 Å². The van der Waals surface area contributed by atoms with Gasteiger partial charge < -0.3 is 34.4 Å². The lowest BCUT2D eigenvalue weighted by Crippen LogP contribution is -2.52. The molecule has 1 aliphatic heterocycles. The van der Waals surface area contributed by atoms with E-state index in [4.69, 9.17) is 37.4 Å². The first-order chi connectivity index (χ1) is 25.0. The fraction of sp³-hybridized carbons (Fsp3) is 0.359. The van der Waals surface area contributed by atoms with E-state index in [-0.39, 0.29) is 30.9 Å². The summed E-state index contributed by atoms with van der Waals surface area (Å²) in [6.07, 6.45) is 4.43. The molecule has 2 heterocycles. The fourth-order valence-electron chi connectivity index (χ4n) is 5.84. The van der Waals surface area contributed by atoms with E-state index in [1.54, 1.807) is 24.4 Å². The normalized spacial score (nSPS) is 15.5. The molecule has 1 fully saturated rings. The Morgan fingerprint density at radius 2 is 1.81 bits per heavy atom. The third kappa shape index (κ3) is 9.72. The summed E-state index contributed by atoms with van der Waals surface area (Å²) in [6.45, 7) is 5.97. The summed E-state index contributed by atoms with van der Waals surface area (Å²) in [4.78, 5) is 18.1. The third-order valence-corrected chi connectivity index (χ3v) is 9.78. The van der Waals surface area contributed by atoms with Gasteiger partial charge in [-0.25, -0.2) is 0 Å². The number of aromatic nitrogens is 1. The van der Waals surface area contributed by atoms with E-state index < -0.39 is 18.1 Å². The lowest BCUT2D eigenvalue weighted by atomic mass is 9.96. The van der Waals surface area contributed by atoms with E-state index in [1.807, 2.05) is 43.3 Å². The molecule has 13 heteroatoms. The van der Waals surface area contributed by atoms with Gasteiger partial charge in [-0.1, -0.05) is 53.5 Å². The summed E-state index contributed by atoms with van der Waals surface area (Å²) in [5.74, 6) is 0.103. The van der Waals surface area contributed by atoms with Gasteiger partial charge in [-0.2, -0.15) is 5.26 Å². The molecule has 0 unspecified atom stereocenters. The first kappa shape index (κ1) is 38.8. The van der Waals surface area contributed by atoms with Crippen molar-refractivity contribution >= 4 is 29.2 Å². The zero-order valence-corrected chi connectivity index (χ0v) is 30.6. The Morgan fingerprint density at radius 1 is 1.04 bits per heavy atom. The van der Waals surface area contributed by atoms with Crippen LogP contribution in [0.15, 0.2) is 67.0 Å². The van der Waals surface area contributed by atoms with E-state index in [2.05, 4.69) is 21.3 Å². The van der Waals surface area contributed by atoms with Crippen LogP contribution in [0.1, 0.15) is 47.6 Å². The number of aliphatic hydroxyl groups is 2. The predicted octanol–water partition coefficient (Wildman–Crippen LogP) is 6.15. The number of aliphatic hydroxyl groups excluding tert-OH is 2. The highest BCUT2D eigenvalue weighted by Crippen LogP contribution is 2.39. The van der Waals surface area contributed by atoms with Gasteiger partial charge in [0.05, 0.1) is 34.9 Å². The van der Waals surface area contributed by atoms with Gasteiger partial charge >= 0.3 is 5.97 Å². The van der Waals surface area contributed by atoms with Crippen molar-refractivity contribution in [3.63, 3.8) is 0 Å². The molecule has 1 saturated heterocycles. The van der Waals surface area contributed by atoms with Crippen molar-refractivity contribution in [1.82, 2.24) is 15.2 Å². The van der Waals surface area contributed by atoms with Crippen LogP contribution in [-0.2, 0) is 24.6 Å². The lowest BCUT2D eigenvalue weighted by molar-refractivity contribution is -0.145. The van der Waals surface area contributed by atoms with Crippen LogP contribution in [0.2, 0.25) is 10.0 Å². The molecule has 52 heavy (non-hydrogen) atoms. The smallest absolute Gasteiger partial charge is 0.326 e. The topological polar surface area (TPSA) is 157 Å². The molecule has 0 bridgehead atoms. The van der Waals surface area contributed by atoms with E-state index in [1.165, 1.54) is 13.1 Å². The maximum atomic E-state index is 11.8. The number of carboxylic acids is 1. The number of likely N-dealkylation sites (tertiary alicyclic amines) is 1. The van der Waals surface area contributed by atoms with E-state index in [0.717, 1.165) is 48.2 Å². The van der Waals surface area contributed by atoms with Crippen molar-refractivity contribution in [2.75, 3.05) is 32.8 Å². The Balaban J connectivity index is 1.32. The molecule has 11 nitrogen and oxygen atoms in total. The maximum Gasteiger partial charge on any atom is 0.326 e. The molecule has 0 saturated carbocycles. The Morgan fingerprint density at radius 3 is 2.54 bits per heavy atom. The van der Waals surface area contributed by atoms with E-state index >= 15 is 0 Å². The molecule has 5 rings (SSSR count). The zero-order chi connectivity index (χ0) is 37.3. The molecule has 0 spiro atoms. The zero-order valence-electron chi connectivity index (χ0n) is 29.1. The molecular weight excluding hydrogens is 707 g/mol. The number of carbonyl (C=O) groups is 1. The summed E-state index contributed by atoms with van der Waals surface area (Å²) in [5.41, 5.74) is 3.60. The predicted molar refractivity (Wildman–Crippen MR) is 198 cm³/mol. The second-order valence-electron chi connectivity index (χ2n) is 13.0. The van der Waals surface area contributed by atoms with Gasteiger partial charge in [0.15, 0.2) is 0 Å². The van der Waals surface area contributed by atoms with Gasteiger partial charge in [0, 0.05) is 61.3 Å². The van der Waals surface area contributed by atoms with Gasteiger partial charge in [0.25, 0.3) is 0 Å². The minimum atomic E-state index is -1.60. The van der Waals surface area contributed by atoms with Gasteiger partial charge in [-0.3, -0.25) is 15.1 Å². The number of ether oxygens (including phenoxy) is 3. The van der Waals surface area contributed by atoms with Crippen molar-refractivity contribution < 1.29 is 34.3 Å². The number of halogens is 2. The first-order valence-corrected chi connectivity index (χ1v) is 17.7. The number of benzene rings is 3. The standard InChI is InChI=1S/C39H42Cl2N4O7/c1-25-28(6-3-7-31(25)32-8-4-9-34(37(32)41)50-13-5-11-45-12-10-30(47)21-45)23-52-36-16-35(51-22-27-14-26(17-42)18-43-19-27)29(15-33(36)40)20-44-39(2,24-46)38(48)49/h3-4,6-9,14-16,18-19,30,44,46-47H,5,10-13,20-24H2,1-2H3,(H,48,49)/t30-,39+/m1/s1. The first-order valence-electron chi connectivity index (χ1n) is 16.9. The maximum absolute atomic E-state index is 11.8. The Hall–Kier alpha value is -4.41. The average molecular weight is 750 g/mol. The van der Waals surface area contributed by atoms with Crippen LogP contribution in [0.3, 0.4) is 0 Å². The Labute approximate surface area is 313 Å². The highest BCUT2D eigenvalue weighted by molar-refractivity contribution is 6.35. The van der Waals surface area contributed by atoms with Gasteiger partial charge in [-0.15, -0.1) is 0 Å². The minimum absolute atomic E-state index is 0.0163. The largest absolute Gasteiger partial charge is 0.492 e. The van der Waals surface area contributed by atoms with Crippen LogP contribution in [0.4, 0.5) is 0 Å². The van der Waals surface area contributed by atoms with Crippen LogP contribution >= 0.6 is 23.2 Å². The molecule has 0 radical (unpaired) electrons. The number of aliphatic carboxylic acids is 1. The monoisotopic (exact) mass is 748 g/mol. The average Bonchev–Trinajstić information content (AvgIpc) is 3.57. The molecule has 3 aromatic carbocycles. The number of nitriles is 1. The number of nitrogens with zero attached hydrogens (tertiary/aromatic N) is 3. The van der Waals surface area contributed by atoms with Gasteiger partial charge in [0.2, 0.25) is 0 Å². The Kier molecular flexibility index (Phi) is 13.3. The number of hydrogen-bond acceptors (Lipinski definition) is 10. The quantitative estimate of drug-likeness (QED) is 0.0918. The molecule has 274 valence electrons. The minimum Gasteiger partial charge on any atom is -0.492 e. The lowest BCUT2D eigenvalue weighted by Gasteiger charge is -2.25. The second kappa shape index (κ2) is 17.9. The summed E-state index contributed by atoms with van der Waals surface area (Å²) in [5, 5.41) is 42.1. The molecule has 2 atom stereocenters. The molecule has 1 aromatic heterocycles. The van der Waals surface area contributed by atoms with Gasteiger partial charge in [-0.05, 0) is 61.6 Å². The summed E-state index contributed by atoms with van der Waals surface area (Å²) in [7, 11) is 0. The van der Waals surface area contributed by atoms with Crippen LogP contribution in [0, 0.1) is 18.3 Å². The molecule has 4 aromatic rings. The third-order valence-electron chi connectivity index (χ3n) is 9.10. The number of hydrogen-bond donors (Lipinski definition) is 4. The van der Waals surface area contributed by atoms with Gasteiger partial charge in [0.1, 0.15) is 42.1 Å². The van der Waals surface area contributed by atoms with Crippen LogP contribution < -0.4 is 19.5 Å². The van der Waals surface area contributed by atoms with Crippen molar-refractivity contribution in [3.8, 4) is 34.4 Å². The van der Waals surface area contributed by atoms with Crippen molar-refractivity contribution in [2.45, 2.75) is 58.1 Å². The second-order valence-corrected chi connectivity index (χ2v) is 13.7. The fourth-order valence-corrected chi connectivity index (χ4v) is 6.36. The van der Waals surface area contributed by atoms with E-state index in [9.17, 15) is 25.4 Å². The number of carboxylic acid groups (broad SMARTS) is 1.